The van der Waals surface area contributed by atoms with E-state index < -0.39 is 26.5 Å². The molecule has 0 saturated heterocycles. The van der Waals surface area contributed by atoms with E-state index in [1.165, 1.54) is 218 Å². The van der Waals surface area contributed by atoms with Gasteiger partial charge in [-0.05, 0) is 38.5 Å². The van der Waals surface area contributed by atoms with E-state index in [-0.39, 0.29) is 32.0 Å². The lowest BCUT2D eigenvalue weighted by atomic mass is 10.0. The van der Waals surface area contributed by atoms with Gasteiger partial charge in [0.15, 0.2) is 6.10 Å². The number of nitrogens with zero attached hydrogens (tertiary/aromatic N) is 1. The van der Waals surface area contributed by atoms with Crippen molar-refractivity contribution in [2.75, 3.05) is 47.5 Å². The van der Waals surface area contributed by atoms with E-state index in [4.69, 9.17) is 18.5 Å². The highest BCUT2D eigenvalue weighted by Gasteiger charge is 2.22. The number of esters is 2. The first-order valence-electron chi connectivity index (χ1n) is 28.4. The van der Waals surface area contributed by atoms with Crippen molar-refractivity contribution < 1.29 is 42.1 Å². The molecule has 1 unspecified atom stereocenters. The summed E-state index contributed by atoms with van der Waals surface area (Å²) in [5.74, 6) is -0.816. The summed E-state index contributed by atoms with van der Waals surface area (Å²) in [7, 11) is 1.18. The Morgan fingerprint density at radius 2 is 0.773 bits per heavy atom. The summed E-state index contributed by atoms with van der Waals surface area (Å²) >= 11 is 0. The molecule has 10 heteroatoms. The normalized spacial score (nSPS) is 13.4. The van der Waals surface area contributed by atoms with Crippen molar-refractivity contribution in [3.8, 4) is 0 Å². The largest absolute Gasteiger partial charge is 0.756 e. The molecule has 0 amide bonds. The molecule has 0 aliphatic heterocycles. The first-order valence-corrected chi connectivity index (χ1v) is 29.9. The molecule has 0 spiro atoms. The monoisotopic (exact) mass is 956 g/mol. The first-order chi connectivity index (χ1) is 32.0. The summed E-state index contributed by atoms with van der Waals surface area (Å²) in [4.78, 5) is 37.8. The van der Waals surface area contributed by atoms with E-state index in [9.17, 15) is 19.0 Å². The van der Waals surface area contributed by atoms with Crippen molar-refractivity contribution in [1.29, 1.82) is 0 Å². The fourth-order valence-electron chi connectivity index (χ4n) is 8.36. The highest BCUT2D eigenvalue weighted by Crippen LogP contribution is 2.38. The lowest BCUT2D eigenvalue weighted by Crippen LogP contribution is -2.37. The molecule has 0 saturated carbocycles. The quantitative estimate of drug-likeness (QED) is 0.0195. The van der Waals surface area contributed by atoms with Crippen molar-refractivity contribution in [1.82, 2.24) is 0 Å². The predicted molar refractivity (Wildman–Crippen MR) is 278 cm³/mol. The zero-order chi connectivity index (χ0) is 48.5. The van der Waals surface area contributed by atoms with Crippen LogP contribution in [-0.2, 0) is 32.7 Å². The number of hydrogen-bond donors (Lipinski definition) is 0. The van der Waals surface area contributed by atoms with E-state index in [0.29, 0.717) is 17.4 Å². The number of rotatable bonds is 53. The highest BCUT2D eigenvalue weighted by molar-refractivity contribution is 7.45. The van der Waals surface area contributed by atoms with Crippen LogP contribution in [0.25, 0.3) is 0 Å². The molecule has 0 aromatic rings. The number of allylic oxidation sites excluding steroid dienone is 2. The SMILES string of the molecule is CCCCCCCC/C=C/CCCCCCCCCCCCCC(=O)OC[C@H](COP(=O)([O-])OCC[N+](C)(C)C)OC(=O)CCCCCCCCCCCCCCCCCCCCCCC. The van der Waals surface area contributed by atoms with Gasteiger partial charge in [-0.15, -0.1) is 0 Å². The molecule has 0 heterocycles. The van der Waals surface area contributed by atoms with E-state index in [0.717, 1.165) is 32.1 Å². The Kier molecular flexibility index (Phi) is 47.8. The second-order valence-electron chi connectivity index (χ2n) is 20.7. The molecule has 0 fully saturated rings. The number of ether oxygens (including phenoxy) is 2. The minimum absolute atomic E-state index is 0.0269. The Hall–Kier alpha value is -1.25. The minimum Gasteiger partial charge on any atom is -0.756 e. The first kappa shape index (κ1) is 64.8. The summed E-state index contributed by atoms with van der Waals surface area (Å²) in [6.45, 7) is 4.29. The van der Waals surface area contributed by atoms with Crippen LogP contribution in [0.15, 0.2) is 12.2 Å². The Morgan fingerprint density at radius 3 is 1.12 bits per heavy atom. The number of hydrogen-bond acceptors (Lipinski definition) is 8. The molecule has 9 nitrogen and oxygen atoms in total. The summed E-state index contributed by atoms with van der Waals surface area (Å²) in [6.07, 6.45) is 55.3. The van der Waals surface area contributed by atoms with Gasteiger partial charge in [0.2, 0.25) is 0 Å². The molecule has 0 aliphatic rings. The molecule has 0 aromatic heterocycles. The average Bonchev–Trinajstić information content (AvgIpc) is 3.27. The summed E-state index contributed by atoms with van der Waals surface area (Å²) in [5.41, 5.74) is 0. The van der Waals surface area contributed by atoms with Gasteiger partial charge < -0.3 is 27.9 Å². The van der Waals surface area contributed by atoms with E-state index in [1.54, 1.807) is 0 Å². The second-order valence-corrected chi connectivity index (χ2v) is 22.1. The number of carbonyl (C=O) groups excluding carboxylic acids is 2. The van der Waals surface area contributed by atoms with Crippen LogP contribution in [0.4, 0.5) is 0 Å². The lowest BCUT2D eigenvalue weighted by Gasteiger charge is -2.28. The number of quaternary nitrogens is 1. The third-order valence-electron chi connectivity index (χ3n) is 12.8. The predicted octanol–water partition coefficient (Wildman–Crippen LogP) is 16.6. The Balaban J connectivity index is 4.14. The van der Waals surface area contributed by atoms with Gasteiger partial charge in [-0.25, -0.2) is 0 Å². The molecule has 0 aliphatic carbocycles. The molecule has 66 heavy (non-hydrogen) atoms. The van der Waals surface area contributed by atoms with Crippen molar-refractivity contribution in [3.05, 3.63) is 12.2 Å². The molecule has 0 radical (unpaired) electrons. The summed E-state index contributed by atoms with van der Waals surface area (Å²) < 4.78 is 34.2. The van der Waals surface area contributed by atoms with Crippen LogP contribution in [0, 0.1) is 0 Å². The highest BCUT2D eigenvalue weighted by atomic mass is 31.2. The zero-order valence-electron chi connectivity index (χ0n) is 44.4. The van der Waals surface area contributed by atoms with Crippen molar-refractivity contribution >= 4 is 19.8 Å². The van der Waals surface area contributed by atoms with Gasteiger partial charge in [0.25, 0.3) is 7.82 Å². The second kappa shape index (κ2) is 48.8. The smallest absolute Gasteiger partial charge is 0.306 e. The minimum atomic E-state index is -4.63. The van der Waals surface area contributed by atoms with Crippen molar-refractivity contribution in [2.24, 2.45) is 0 Å². The molecular formula is C56H110NO8P. The van der Waals surface area contributed by atoms with Crippen LogP contribution < -0.4 is 4.89 Å². The maximum atomic E-state index is 12.8. The van der Waals surface area contributed by atoms with Gasteiger partial charge in [-0.3, -0.25) is 14.2 Å². The standard InChI is InChI=1S/C56H110NO8P/c1-6-8-10-12-14-16-18-20-22-24-26-28-30-32-34-36-38-40-42-44-46-48-55(58)62-52-54(53-64-66(60,61)63-51-50-57(3,4)5)65-56(59)49-47-45-43-41-39-37-35-33-31-29-27-25-23-21-19-17-15-13-11-9-7-2/h20,22,54H,6-19,21,23-53H2,1-5H3/b22-20+/t54-/m1/s1. The van der Waals surface area contributed by atoms with Gasteiger partial charge >= 0.3 is 11.9 Å². The van der Waals surface area contributed by atoms with Crippen LogP contribution in [0.3, 0.4) is 0 Å². The Labute approximate surface area is 409 Å². The zero-order valence-corrected chi connectivity index (χ0v) is 45.3. The van der Waals surface area contributed by atoms with Crippen LogP contribution in [-0.4, -0.2) is 70.0 Å². The molecule has 2 atom stereocenters. The van der Waals surface area contributed by atoms with Crippen molar-refractivity contribution in [3.63, 3.8) is 0 Å². The number of phosphoric acid groups is 1. The van der Waals surface area contributed by atoms with Gasteiger partial charge in [0, 0.05) is 12.8 Å². The van der Waals surface area contributed by atoms with Crippen molar-refractivity contribution in [2.45, 2.75) is 290 Å². The third-order valence-corrected chi connectivity index (χ3v) is 13.7. The lowest BCUT2D eigenvalue weighted by molar-refractivity contribution is -0.870. The number of phosphoric ester groups is 1. The Bertz CT molecular complexity index is 1130. The maximum absolute atomic E-state index is 12.8. The molecule has 0 aromatic carbocycles. The van der Waals surface area contributed by atoms with E-state index >= 15 is 0 Å². The number of unbranched alkanes of at least 4 members (excludes halogenated alkanes) is 37. The van der Waals surface area contributed by atoms with Gasteiger partial charge in [-0.2, -0.15) is 0 Å². The molecule has 0 bridgehead atoms. The molecule has 392 valence electrons. The number of likely N-dealkylation sites (N-methyl/N-ethyl adjacent to an activating group) is 1. The third kappa shape index (κ3) is 52.1. The van der Waals surface area contributed by atoms with Crippen LogP contribution in [0.1, 0.15) is 284 Å². The molecule has 0 rings (SSSR count). The fraction of sp³-hybridized carbons (Fsp3) is 0.929. The molecule has 0 N–H and O–H groups in total. The fourth-order valence-corrected chi connectivity index (χ4v) is 9.09. The summed E-state index contributed by atoms with van der Waals surface area (Å²) in [6, 6.07) is 0. The van der Waals surface area contributed by atoms with Gasteiger partial charge in [0.1, 0.15) is 19.8 Å². The Morgan fingerprint density at radius 1 is 0.455 bits per heavy atom. The average molecular weight is 956 g/mol. The number of carbonyl (C=O) groups is 2. The topological polar surface area (TPSA) is 111 Å². The van der Waals surface area contributed by atoms with Crippen LogP contribution >= 0.6 is 7.82 Å². The maximum Gasteiger partial charge on any atom is 0.306 e. The van der Waals surface area contributed by atoms with Gasteiger partial charge in [0.05, 0.1) is 27.7 Å². The van der Waals surface area contributed by atoms with Crippen LogP contribution in [0.2, 0.25) is 0 Å². The molecular weight excluding hydrogens is 846 g/mol. The summed E-state index contributed by atoms with van der Waals surface area (Å²) in [5, 5.41) is 0. The van der Waals surface area contributed by atoms with Crippen LogP contribution in [0.5, 0.6) is 0 Å². The van der Waals surface area contributed by atoms with Gasteiger partial charge in [-0.1, -0.05) is 244 Å². The van der Waals surface area contributed by atoms with E-state index in [1.807, 2.05) is 21.1 Å². The van der Waals surface area contributed by atoms with E-state index in [2.05, 4.69) is 26.0 Å².